The molecular weight excluding hydrogens is 310 g/mol. The maximum Gasteiger partial charge on any atom is 0.147 e. The Morgan fingerprint density at radius 2 is 2.12 bits per heavy atom. The molecule has 0 saturated carbocycles. The summed E-state index contributed by atoms with van der Waals surface area (Å²) in [5, 5.41) is 5.57. The van der Waals surface area contributed by atoms with Crippen molar-refractivity contribution in [2.45, 2.75) is 13.5 Å². The summed E-state index contributed by atoms with van der Waals surface area (Å²) < 4.78 is 26.8. The van der Waals surface area contributed by atoms with Gasteiger partial charge in [0.05, 0.1) is 16.7 Å². The van der Waals surface area contributed by atoms with Crippen molar-refractivity contribution in [1.82, 2.24) is 4.98 Å². The number of halogens is 3. The number of hydrogen-bond donors (Lipinski definition) is 1. The molecule has 0 radical (unpaired) electrons. The molecule has 0 unspecified atom stereocenters. The van der Waals surface area contributed by atoms with Gasteiger partial charge >= 0.3 is 0 Å². The van der Waals surface area contributed by atoms with Crippen LogP contribution in [0.5, 0.6) is 0 Å². The van der Waals surface area contributed by atoms with Crippen molar-refractivity contribution < 1.29 is 8.78 Å². The summed E-state index contributed by atoms with van der Waals surface area (Å²) in [6, 6.07) is 2.23. The minimum absolute atomic E-state index is 0.116. The van der Waals surface area contributed by atoms with Gasteiger partial charge in [0.15, 0.2) is 0 Å². The fourth-order valence-electron chi connectivity index (χ4n) is 1.31. The summed E-state index contributed by atoms with van der Waals surface area (Å²) in [6.45, 7) is 2.27. The molecule has 17 heavy (non-hydrogen) atoms. The first-order valence-corrected chi connectivity index (χ1v) is 6.53. The van der Waals surface area contributed by atoms with E-state index >= 15 is 0 Å². The molecule has 0 aliphatic heterocycles. The van der Waals surface area contributed by atoms with E-state index in [0.717, 1.165) is 22.8 Å². The molecule has 2 aromatic rings. The zero-order valence-electron chi connectivity index (χ0n) is 8.93. The number of anilines is 1. The van der Waals surface area contributed by atoms with Crippen LogP contribution in [0.1, 0.15) is 10.7 Å². The SMILES string of the molecule is Cc1csc(CNc2cc(F)c(Br)cc2F)n1. The largest absolute Gasteiger partial charge is 0.376 e. The zero-order valence-corrected chi connectivity index (χ0v) is 11.3. The third-order valence-electron chi connectivity index (χ3n) is 2.11. The third-order valence-corrected chi connectivity index (χ3v) is 3.68. The van der Waals surface area contributed by atoms with Crippen LogP contribution in [0.4, 0.5) is 14.5 Å². The number of hydrogen-bond acceptors (Lipinski definition) is 3. The van der Waals surface area contributed by atoms with Crippen molar-refractivity contribution >= 4 is 33.0 Å². The second-order valence-corrected chi connectivity index (χ2v) is 5.28. The molecule has 0 bridgehead atoms. The van der Waals surface area contributed by atoms with E-state index in [1.807, 2.05) is 12.3 Å². The second-order valence-electron chi connectivity index (χ2n) is 3.48. The van der Waals surface area contributed by atoms with Gasteiger partial charge in [0, 0.05) is 17.1 Å². The van der Waals surface area contributed by atoms with Crippen LogP contribution in [0.3, 0.4) is 0 Å². The second kappa shape index (κ2) is 5.10. The highest BCUT2D eigenvalue weighted by Gasteiger charge is 2.08. The van der Waals surface area contributed by atoms with Crippen LogP contribution in [0.15, 0.2) is 22.0 Å². The highest BCUT2D eigenvalue weighted by atomic mass is 79.9. The first kappa shape index (κ1) is 12.4. The quantitative estimate of drug-likeness (QED) is 0.862. The molecule has 90 valence electrons. The Kier molecular flexibility index (Phi) is 3.73. The van der Waals surface area contributed by atoms with Crippen molar-refractivity contribution in [1.29, 1.82) is 0 Å². The van der Waals surface area contributed by atoms with Gasteiger partial charge in [0.2, 0.25) is 0 Å². The molecule has 0 saturated heterocycles. The van der Waals surface area contributed by atoms with Crippen molar-refractivity contribution in [2.75, 3.05) is 5.32 Å². The number of benzene rings is 1. The predicted octanol–water partition coefficient (Wildman–Crippen LogP) is 4.10. The van der Waals surface area contributed by atoms with E-state index in [0.29, 0.717) is 6.54 Å². The highest BCUT2D eigenvalue weighted by molar-refractivity contribution is 9.10. The minimum atomic E-state index is -0.496. The van der Waals surface area contributed by atoms with Crippen LogP contribution in [-0.4, -0.2) is 4.98 Å². The molecule has 6 heteroatoms. The Bertz CT molecular complexity index is 542. The summed E-state index contributed by atoms with van der Waals surface area (Å²) in [4.78, 5) is 4.23. The predicted molar refractivity (Wildman–Crippen MR) is 68.2 cm³/mol. The molecule has 1 aromatic carbocycles. The normalized spacial score (nSPS) is 10.6. The Hall–Kier alpha value is -1.01. The number of thiazole rings is 1. The van der Waals surface area contributed by atoms with Gasteiger partial charge in [-0.2, -0.15) is 0 Å². The first-order valence-electron chi connectivity index (χ1n) is 4.85. The molecule has 2 nitrogen and oxygen atoms in total. The van der Waals surface area contributed by atoms with E-state index < -0.39 is 11.6 Å². The standard InChI is InChI=1S/C11H9BrF2N2S/c1-6-5-17-11(16-6)4-15-10-3-8(13)7(12)2-9(10)14/h2-3,5,15H,4H2,1H3. The molecule has 1 heterocycles. The van der Waals surface area contributed by atoms with Gasteiger partial charge in [-0.05, 0) is 28.9 Å². The van der Waals surface area contributed by atoms with Gasteiger partial charge in [-0.1, -0.05) is 0 Å². The van der Waals surface area contributed by atoms with Gasteiger partial charge in [-0.25, -0.2) is 13.8 Å². The Morgan fingerprint density at radius 3 is 2.76 bits per heavy atom. The Morgan fingerprint density at radius 1 is 1.35 bits per heavy atom. The number of nitrogens with one attached hydrogen (secondary N) is 1. The van der Waals surface area contributed by atoms with Gasteiger partial charge in [-0.15, -0.1) is 11.3 Å². The fraction of sp³-hybridized carbons (Fsp3) is 0.182. The molecule has 0 atom stereocenters. The van der Waals surface area contributed by atoms with Crippen LogP contribution < -0.4 is 5.32 Å². The van der Waals surface area contributed by atoms with Crippen molar-refractivity contribution in [2.24, 2.45) is 0 Å². The lowest BCUT2D eigenvalue weighted by Gasteiger charge is -2.06. The summed E-state index contributed by atoms with van der Waals surface area (Å²) >= 11 is 4.41. The lowest BCUT2D eigenvalue weighted by molar-refractivity contribution is 0.596. The maximum atomic E-state index is 13.5. The third kappa shape index (κ3) is 3.01. The molecule has 1 aromatic heterocycles. The molecule has 1 N–H and O–H groups in total. The van der Waals surface area contributed by atoms with Crippen LogP contribution >= 0.6 is 27.3 Å². The van der Waals surface area contributed by atoms with E-state index in [2.05, 4.69) is 26.2 Å². The Labute approximate surface area is 110 Å². The van der Waals surface area contributed by atoms with Crippen molar-refractivity contribution in [3.63, 3.8) is 0 Å². The molecule has 0 fully saturated rings. The van der Waals surface area contributed by atoms with E-state index in [9.17, 15) is 8.78 Å². The topological polar surface area (TPSA) is 24.9 Å². The molecule has 2 rings (SSSR count). The summed E-state index contributed by atoms with van der Waals surface area (Å²) in [5.74, 6) is -0.990. The summed E-state index contributed by atoms with van der Waals surface area (Å²) in [5.41, 5.74) is 1.06. The molecule has 0 spiro atoms. The first-order chi connectivity index (χ1) is 8.06. The average Bonchev–Trinajstić information content (AvgIpc) is 2.68. The lowest BCUT2D eigenvalue weighted by atomic mass is 10.3. The lowest BCUT2D eigenvalue weighted by Crippen LogP contribution is -2.02. The summed E-state index contributed by atoms with van der Waals surface area (Å²) in [6.07, 6.45) is 0. The molecule has 0 aliphatic rings. The van der Waals surface area contributed by atoms with Gasteiger partial charge in [0.1, 0.15) is 16.6 Å². The molecular formula is C11H9BrF2N2S. The van der Waals surface area contributed by atoms with E-state index in [1.54, 1.807) is 0 Å². The van der Waals surface area contributed by atoms with Crippen LogP contribution in [0.2, 0.25) is 0 Å². The maximum absolute atomic E-state index is 13.5. The molecule has 0 aliphatic carbocycles. The van der Waals surface area contributed by atoms with Gasteiger partial charge in [0.25, 0.3) is 0 Å². The van der Waals surface area contributed by atoms with Gasteiger partial charge < -0.3 is 5.32 Å². The fourth-order valence-corrected chi connectivity index (χ4v) is 2.34. The Balaban J connectivity index is 2.11. The average molecular weight is 319 g/mol. The van der Waals surface area contributed by atoms with Crippen molar-refractivity contribution in [3.05, 3.63) is 44.3 Å². The number of aromatic nitrogens is 1. The van der Waals surface area contributed by atoms with Crippen LogP contribution in [0, 0.1) is 18.6 Å². The van der Waals surface area contributed by atoms with Crippen LogP contribution in [0.25, 0.3) is 0 Å². The monoisotopic (exact) mass is 318 g/mol. The van der Waals surface area contributed by atoms with E-state index in [-0.39, 0.29) is 10.2 Å². The molecule has 0 amide bonds. The number of nitrogens with zero attached hydrogens (tertiary/aromatic N) is 1. The van der Waals surface area contributed by atoms with Gasteiger partial charge in [-0.3, -0.25) is 0 Å². The highest BCUT2D eigenvalue weighted by Crippen LogP contribution is 2.24. The van der Waals surface area contributed by atoms with E-state index in [1.165, 1.54) is 11.3 Å². The zero-order chi connectivity index (χ0) is 12.4. The minimum Gasteiger partial charge on any atom is -0.376 e. The number of rotatable bonds is 3. The smallest absolute Gasteiger partial charge is 0.147 e. The van der Waals surface area contributed by atoms with Crippen LogP contribution in [-0.2, 0) is 6.54 Å². The summed E-state index contributed by atoms with van der Waals surface area (Å²) in [7, 11) is 0. The van der Waals surface area contributed by atoms with Crippen molar-refractivity contribution in [3.8, 4) is 0 Å². The van der Waals surface area contributed by atoms with E-state index in [4.69, 9.17) is 0 Å². The number of aryl methyl sites for hydroxylation is 1.